The number of nitrogens with one attached hydrogen (secondary N) is 2. The number of carboxylic acids is 1. The van der Waals surface area contributed by atoms with Gasteiger partial charge < -0.3 is 25.2 Å². The second kappa shape index (κ2) is 10.2. The topological polar surface area (TPSA) is 134 Å². The summed E-state index contributed by atoms with van der Waals surface area (Å²) in [7, 11) is 1.41. The van der Waals surface area contributed by atoms with E-state index >= 15 is 0 Å². The summed E-state index contributed by atoms with van der Waals surface area (Å²) in [5.74, 6) is -1.88. The molecule has 1 aliphatic rings. The minimum Gasteiger partial charge on any atom is -0.493 e. The molecule has 0 aliphatic carbocycles. The smallest absolute Gasteiger partial charge is 0.329 e. The van der Waals surface area contributed by atoms with E-state index in [9.17, 15) is 19.2 Å². The van der Waals surface area contributed by atoms with Crippen LogP contribution in [0.25, 0.3) is 6.08 Å². The number of hydrogen-bond acceptors (Lipinski definition) is 6. The lowest BCUT2D eigenvalue weighted by Gasteiger charge is -2.14. The first-order valence-corrected chi connectivity index (χ1v) is 10.4. The van der Waals surface area contributed by atoms with Gasteiger partial charge in [-0.1, -0.05) is 17.7 Å². The van der Waals surface area contributed by atoms with Gasteiger partial charge in [-0.25, -0.2) is 9.69 Å². The molecule has 0 spiro atoms. The predicted octanol–water partition coefficient (Wildman–Crippen LogP) is 2.76. The van der Waals surface area contributed by atoms with E-state index in [1.807, 2.05) is 19.1 Å². The number of rotatable bonds is 8. The second-order valence-corrected chi connectivity index (χ2v) is 7.86. The lowest BCUT2D eigenvalue weighted by molar-refractivity contribution is -0.140. The first-order chi connectivity index (χ1) is 15.7. The van der Waals surface area contributed by atoms with Crippen molar-refractivity contribution in [1.29, 1.82) is 0 Å². The number of halogens is 1. The lowest BCUT2D eigenvalue weighted by atomic mass is 10.1. The molecule has 1 aliphatic heterocycles. The van der Waals surface area contributed by atoms with Crippen LogP contribution in [0.3, 0.4) is 0 Å². The predicted molar refractivity (Wildman–Crippen MR) is 122 cm³/mol. The maximum atomic E-state index is 12.3. The van der Waals surface area contributed by atoms with Crippen molar-refractivity contribution in [2.75, 3.05) is 25.6 Å². The fourth-order valence-electron chi connectivity index (χ4n) is 2.95. The van der Waals surface area contributed by atoms with Gasteiger partial charge in [0.1, 0.15) is 12.2 Å². The summed E-state index contributed by atoms with van der Waals surface area (Å²) in [6.07, 6.45) is 1.38. The number of aryl methyl sites for hydroxylation is 1. The van der Waals surface area contributed by atoms with E-state index in [-0.39, 0.29) is 29.7 Å². The van der Waals surface area contributed by atoms with Crippen LogP contribution in [-0.4, -0.2) is 54.1 Å². The maximum Gasteiger partial charge on any atom is 0.329 e. The van der Waals surface area contributed by atoms with Gasteiger partial charge in [-0.05, 0) is 58.8 Å². The number of imide groups is 1. The molecule has 2 aromatic carbocycles. The van der Waals surface area contributed by atoms with Crippen LogP contribution < -0.4 is 20.1 Å². The van der Waals surface area contributed by atoms with E-state index in [1.54, 1.807) is 24.3 Å². The SMILES string of the molecule is COc1cc(/C=C2/NC(=O)N(CC(=O)O)C2=O)cc(Br)c1OCC(=O)Nc1ccc(C)cc1. The number of nitrogens with zero attached hydrogens (tertiary/aromatic N) is 1. The van der Waals surface area contributed by atoms with Crippen LogP contribution >= 0.6 is 15.9 Å². The van der Waals surface area contributed by atoms with Crippen molar-refractivity contribution in [3.05, 3.63) is 57.7 Å². The molecule has 3 N–H and O–H groups in total. The summed E-state index contributed by atoms with van der Waals surface area (Å²) in [4.78, 5) is 47.8. The maximum absolute atomic E-state index is 12.3. The number of urea groups is 1. The summed E-state index contributed by atoms with van der Waals surface area (Å²) in [6, 6.07) is 9.65. The van der Waals surface area contributed by atoms with Gasteiger partial charge >= 0.3 is 12.0 Å². The summed E-state index contributed by atoms with van der Waals surface area (Å²) >= 11 is 3.36. The van der Waals surface area contributed by atoms with Gasteiger partial charge in [-0.3, -0.25) is 14.4 Å². The van der Waals surface area contributed by atoms with E-state index in [0.717, 1.165) is 5.56 Å². The Morgan fingerprint density at radius 2 is 1.91 bits per heavy atom. The van der Waals surface area contributed by atoms with Crippen LogP contribution in [0, 0.1) is 6.92 Å². The summed E-state index contributed by atoms with van der Waals surface area (Å²) in [5.41, 5.74) is 2.10. The number of methoxy groups -OCH3 is 1. The van der Waals surface area contributed by atoms with Crippen LogP contribution in [0.1, 0.15) is 11.1 Å². The number of carbonyl (C=O) groups is 4. The average Bonchev–Trinajstić information content (AvgIpc) is 3.01. The quantitative estimate of drug-likeness (QED) is 0.362. The minimum atomic E-state index is -1.31. The molecule has 0 bridgehead atoms. The third kappa shape index (κ3) is 5.89. The number of benzene rings is 2. The van der Waals surface area contributed by atoms with E-state index in [4.69, 9.17) is 14.6 Å². The molecule has 172 valence electrons. The Bertz CT molecular complexity index is 1150. The third-order valence-electron chi connectivity index (χ3n) is 4.50. The van der Waals surface area contributed by atoms with E-state index in [2.05, 4.69) is 26.6 Å². The summed E-state index contributed by atoms with van der Waals surface area (Å²) in [6.45, 7) is 0.926. The van der Waals surface area contributed by atoms with Gasteiger partial charge in [0.2, 0.25) is 0 Å². The number of amides is 4. The van der Waals surface area contributed by atoms with Crippen LogP contribution in [-0.2, 0) is 14.4 Å². The molecule has 1 fully saturated rings. The Labute approximate surface area is 197 Å². The zero-order valence-electron chi connectivity index (χ0n) is 17.7. The number of carbonyl (C=O) groups excluding carboxylic acids is 3. The second-order valence-electron chi connectivity index (χ2n) is 7.01. The molecule has 0 saturated carbocycles. The molecule has 0 unspecified atom stereocenters. The molecule has 0 aromatic heterocycles. The van der Waals surface area contributed by atoms with E-state index in [0.29, 0.717) is 20.6 Å². The largest absolute Gasteiger partial charge is 0.493 e. The van der Waals surface area contributed by atoms with Gasteiger partial charge in [0.25, 0.3) is 11.8 Å². The average molecular weight is 518 g/mol. The molecule has 33 heavy (non-hydrogen) atoms. The highest BCUT2D eigenvalue weighted by atomic mass is 79.9. The first kappa shape index (κ1) is 23.8. The van der Waals surface area contributed by atoms with Crippen molar-refractivity contribution in [2.24, 2.45) is 0 Å². The monoisotopic (exact) mass is 517 g/mol. The highest BCUT2D eigenvalue weighted by molar-refractivity contribution is 9.10. The highest BCUT2D eigenvalue weighted by Crippen LogP contribution is 2.37. The van der Waals surface area contributed by atoms with Crippen LogP contribution in [0.4, 0.5) is 10.5 Å². The van der Waals surface area contributed by atoms with Gasteiger partial charge in [-0.15, -0.1) is 0 Å². The zero-order chi connectivity index (χ0) is 24.1. The molecular formula is C22H20BrN3O7. The molecule has 3 rings (SSSR count). The Kier molecular flexibility index (Phi) is 7.34. The zero-order valence-corrected chi connectivity index (χ0v) is 19.3. The number of ether oxygens (including phenoxy) is 2. The highest BCUT2D eigenvalue weighted by Gasteiger charge is 2.34. The molecule has 11 heteroatoms. The van der Waals surface area contributed by atoms with Crippen LogP contribution in [0.2, 0.25) is 0 Å². The fraction of sp³-hybridized carbons (Fsp3) is 0.182. The third-order valence-corrected chi connectivity index (χ3v) is 5.09. The van der Waals surface area contributed by atoms with Gasteiger partial charge in [0, 0.05) is 5.69 Å². The number of hydrogen-bond donors (Lipinski definition) is 3. The summed E-state index contributed by atoms with van der Waals surface area (Å²) in [5, 5.41) is 13.9. The van der Waals surface area contributed by atoms with Crippen molar-refractivity contribution in [3.63, 3.8) is 0 Å². The normalized spacial score (nSPS) is 14.3. The van der Waals surface area contributed by atoms with Crippen LogP contribution in [0.5, 0.6) is 11.5 Å². The van der Waals surface area contributed by atoms with Gasteiger partial charge in [0.15, 0.2) is 18.1 Å². The van der Waals surface area contributed by atoms with Crippen molar-refractivity contribution < 1.29 is 33.8 Å². The summed E-state index contributed by atoms with van der Waals surface area (Å²) < 4.78 is 11.4. The minimum absolute atomic E-state index is 0.0821. The molecule has 1 heterocycles. The Hall–Kier alpha value is -3.86. The molecule has 10 nitrogen and oxygen atoms in total. The molecular weight excluding hydrogens is 498 g/mol. The lowest BCUT2D eigenvalue weighted by Crippen LogP contribution is -2.35. The molecule has 1 saturated heterocycles. The van der Waals surface area contributed by atoms with Gasteiger partial charge in [-0.2, -0.15) is 0 Å². The number of carboxylic acid groups (broad SMARTS) is 1. The van der Waals surface area contributed by atoms with Crippen molar-refractivity contribution in [1.82, 2.24) is 10.2 Å². The van der Waals surface area contributed by atoms with Gasteiger partial charge in [0.05, 0.1) is 11.6 Å². The Morgan fingerprint density at radius 1 is 1.21 bits per heavy atom. The molecule has 2 aromatic rings. The van der Waals surface area contributed by atoms with E-state index < -0.39 is 24.5 Å². The Morgan fingerprint density at radius 3 is 2.55 bits per heavy atom. The standard InChI is InChI=1S/C22H20BrN3O7/c1-12-3-5-14(6-4-12)24-18(27)11-33-20-15(23)7-13(9-17(20)32-2)8-16-21(30)26(10-19(28)29)22(31)25-16/h3-9H,10-11H2,1-2H3,(H,24,27)(H,25,31)(H,28,29)/b16-8+. The number of aliphatic carboxylic acids is 1. The van der Waals surface area contributed by atoms with Crippen molar-refractivity contribution >= 4 is 51.5 Å². The van der Waals surface area contributed by atoms with Crippen molar-refractivity contribution in [3.8, 4) is 11.5 Å². The number of anilines is 1. The van der Waals surface area contributed by atoms with Crippen LogP contribution in [0.15, 0.2) is 46.6 Å². The van der Waals surface area contributed by atoms with Crippen molar-refractivity contribution in [2.45, 2.75) is 6.92 Å². The fourth-order valence-corrected chi connectivity index (χ4v) is 3.53. The molecule has 0 atom stereocenters. The molecule has 4 amide bonds. The Balaban J connectivity index is 1.73. The first-order valence-electron chi connectivity index (χ1n) is 9.61. The molecule has 0 radical (unpaired) electrons. The van der Waals surface area contributed by atoms with E-state index in [1.165, 1.54) is 13.2 Å².